The lowest BCUT2D eigenvalue weighted by atomic mass is 10.3. The number of primary sulfonamides is 1. The van der Waals surface area contributed by atoms with Gasteiger partial charge in [-0.25, -0.2) is 18.5 Å². The average Bonchev–Trinajstić information content (AvgIpc) is 2.18. The van der Waals surface area contributed by atoms with E-state index in [-0.39, 0.29) is 17.2 Å². The van der Waals surface area contributed by atoms with Gasteiger partial charge in [-0.3, -0.25) is 10.1 Å². The van der Waals surface area contributed by atoms with Crippen molar-refractivity contribution in [1.82, 2.24) is 4.98 Å². The molecule has 0 aliphatic rings. The van der Waals surface area contributed by atoms with E-state index in [0.29, 0.717) is 10.6 Å². The maximum Gasteiger partial charge on any atom is 0.287 e. The fraction of sp³-hybridized carbons (Fsp3) is 0.375. The molecule has 0 unspecified atom stereocenters. The van der Waals surface area contributed by atoms with Crippen LogP contribution in [0.1, 0.15) is 5.56 Å². The highest BCUT2D eigenvalue weighted by Gasteiger charge is 2.10. The summed E-state index contributed by atoms with van der Waals surface area (Å²) in [6, 6.07) is 1.40. The summed E-state index contributed by atoms with van der Waals surface area (Å²) in [7, 11) is -3.49. The van der Waals surface area contributed by atoms with E-state index < -0.39 is 14.9 Å². The van der Waals surface area contributed by atoms with Gasteiger partial charge in [0.2, 0.25) is 10.0 Å². The summed E-state index contributed by atoms with van der Waals surface area (Å²) in [5.74, 6) is 0.111. The Morgan fingerprint density at radius 1 is 1.59 bits per heavy atom. The number of rotatable bonds is 5. The third-order valence-electron chi connectivity index (χ3n) is 1.83. The first-order valence-corrected chi connectivity index (χ1v) is 7.24. The number of aromatic nitrogens is 1. The molecule has 0 bridgehead atoms. The Morgan fingerprint density at radius 2 is 2.24 bits per heavy atom. The maximum atomic E-state index is 10.7. The second kappa shape index (κ2) is 5.43. The van der Waals surface area contributed by atoms with Gasteiger partial charge in [0, 0.05) is 11.8 Å². The lowest BCUT2D eigenvalue weighted by Crippen LogP contribution is -2.17. The Kier molecular flexibility index (Phi) is 4.43. The second-order valence-electron chi connectivity index (χ2n) is 3.29. The minimum atomic E-state index is -3.49. The number of aryl methyl sites for hydroxylation is 1. The van der Waals surface area contributed by atoms with E-state index in [1.54, 1.807) is 6.92 Å². The fourth-order valence-corrected chi connectivity index (χ4v) is 2.92. The highest BCUT2D eigenvalue weighted by molar-refractivity contribution is 8.00. The van der Waals surface area contributed by atoms with Crippen molar-refractivity contribution in [2.24, 2.45) is 5.14 Å². The van der Waals surface area contributed by atoms with E-state index in [1.807, 2.05) is 0 Å². The molecule has 0 radical (unpaired) electrons. The topological polar surface area (TPSA) is 116 Å². The van der Waals surface area contributed by atoms with Crippen molar-refractivity contribution in [2.45, 2.75) is 11.9 Å². The molecular weight excluding hydrogens is 266 g/mol. The van der Waals surface area contributed by atoms with Gasteiger partial charge in [0.25, 0.3) is 5.69 Å². The molecule has 1 heterocycles. The summed E-state index contributed by atoms with van der Waals surface area (Å²) in [5, 5.41) is 15.9. The number of hydrogen-bond acceptors (Lipinski definition) is 6. The Morgan fingerprint density at radius 3 is 2.71 bits per heavy atom. The molecule has 1 aromatic heterocycles. The van der Waals surface area contributed by atoms with Gasteiger partial charge in [-0.1, -0.05) is 0 Å². The molecule has 0 aliphatic carbocycles. The maximum absolute atomic E-state index is 10.7. The lowest BCUT2D eigenvalue weighted by molar-refractivity contribution is -0.385. The van der Waals surface area contributed by atoms with Crippen molar-refractivity contribution in [1.29, 1.82) is 0 Å². The zero-order chi connectivity index (χ0) is 13.1. The molecule has 1 aromatic rings. The van der Waals surface area contributed by atoms with E-state index in [1.165, 1.54) is 17.8 Å². The molecule has 0 fully saturated rings. The van der Waals surface area contributed by atoms with Crippen LogP contribution in [0.15, 0.2) is 17.3 Å². The van der Waals surface area contributed by atoms with E-state index in [9.17, 15) is 18.5 Å². The van der Waals surface area contributed by atoms with Gasteiger partial charge >= 0.3 is 0 Å². The largest absolute Gasteiger partial charge is 0.287 e. The predicted molar refractivity (Wildman–Crippen MR) is 64.3 cm³/mol. The van der Waals surface area contributed by atoms with Crippen LogP contribution in [0.4, 0.5) is 5.69 Å². The number of hydrogen-bond donors (Lipinski definition) is 1. The van der Waals surface area contributed by atoms with Gasteiger partial charge in [0.15, 0.2) is 0 Å². The summed E-state index contributed by atoms with van der Waals surface area (Å²) in [6.45, 7) is 1.68. The van der Waals surface area contributed by atoms with Crippen LogP contribution in [-0.4, -0.2) is 29.8 Å². The average molecular weight is 277 g/mol. The number of sulfonamides is 1. The highest BCUT2D eigenvalue weighted by Crippen LogP contribution is 2.23. The molecule has 1 rings (SSSR count). The number of nitro groups is 1. The fourth-order valence-electron chi connectivity index (χ4n) is 1.05. The van der Waals surface area contributed by atoms with Gasteiger partial charge in [0.05, 0.1) is 15.7 Å². The molecule has 94 valence electrons. The molecule has 0 aliphatic heterocycles. The van der Waals surface area contributed by atoms with Crippen molar-refractivity contribution in [3.05, 3.63) is 27.9 Å². The minimum absolute atomic E-state index is 0.0849. The first-order valence-electron chi connectivity index (χ1n) is 4.54. The number of pyridine rings is 1. The highest BCUT2D eigenvalue weighted by atomic mass is 32.2. The first-order chi connectivity index (χ1) is 7.79. The third kappa shape index (κ3) is 4.67. The Labute approximate surface area is 103 Å². The van der Waals surface area contributed by atoms with Crippen LogP contribution < -0.4 is 5.14 Å². The van der Waals surface area contributed by atoms with Crippen LogP contribution in [0.2, 0.25) is 0 Å². The molecule has 7 nitrogen and oxygen atoms in total. The first kappa shape index (κ1) is 13.9. The zero-order valence-corrected chi connectivity index (χ0v) is 10.6. The van der Waals surface area contributed by atoms with Gasteiger partial charge in [-0.05, 0) is 12.5 Å². The molecular formula is C8H11N3O4S2. The molecule has 17 heavy (non-hydrogen) atoms. The van der Waals surface area contributed by atoms with E-state index in [4.69, 9.17) is 5.14 Å². The molecule has 0 saturated heterocycles. The molecule has 9 heteroatoms. The molecule has 0 amide bonds. The van der Waals surface area contributed by atoms with Crippen molar-refractivity contribution < 1.29 is 13.3 Å². The smallest absolute Gasteiger partial charge is 0.258 e. The summed E-state index contributed by atoms with van der Waals surface area (Å²) < 4.78 is 21.4. The summed E-state index contributed by atoms with van der Waals surface area (Å²) in [5.41, 5.74) is 0.553. The summed E-state index contributed by atoms with van der Waals surface area (Å²) in [4.78, 5) is 13.8. The minimum Gasteiger partial charge on any atom is -0.258 e. The normalized spacial score (nSPS) is 11.4. The molecule has 0 aromatic carbocycles. The van der Waals surface area contributed by atoms with Gasteiger partial charge in [-0.2, -0.15) is 0 Å². The second-order valence-corrected chi connectivity index (χ2v) is 6.11. The molecule has 0 saturated carbocycles. The lowest BCUT2D eigenvalue weighted by Gasteiger charge is -2.03. The van der Waals surface area contributed by atoms with Crippen LogP contribution in [0.5, 0.6) is 0 Å². The van der Waals surface area contributed by atoms with E-state index in [0.717, 1.165) is 6.20 Å². The number of nitrogens with two attached hydrogens (primary N) is 1. The Hall–Kier alpha value is -1.19. The Balaban J connectivity index is 2.70. The molecule has 0 atom stereocenters. The van der Waals surface area contributed by atoms with E-state index in [2.05, 4.69) is 4.98 Å². The van der Waals surface area contributed by atoms with Crippen molar-refractivity contribution in [3.63, 3.8) is 0 Å². The van der Waals surface area contributed by atoms with E-state index >= 15 is 0 Å². The van der Waals surface area contributed by atoms with Crippen molar-refractivity contribution in [2.75, 3.05) is 11.5 Å². The summed E-state index contributed by atoms with van der Waals surface area (Å²) >= 11 is 1.20. The molecule has 2 N–H and O–H groups in total. The monoisotopic (exact) mass is 277 g/mol. The SMILES string of the molecule is Cc1cc([N+](=O)[O-])cnc1SCCS(N)(=O)=O. The molecule has 0 spiro atoms. The van der Waals surface area contributed by atoms with Crippen molar-refractivity contribution >= 4 is 27.5 Å². The van der Waals surface area contributed by atoms with Gasteiger partial charge in [0.1, 0.15) is 6.20 Å². The Bertz CT molecular complexity index is 530. The summed E-state index contributed by atoms with van der Waals surface area (Å²) in [6.07, 6.45) is 1.15. The van der Waals surface area contributed by atoms with Crippen LogP contribution >= 0.6 is 11.8 Å². The van der Waals surface area contributed by atoms with Crippen molar-refractivity contribution in [3.8, 4) is 0 Å². The standard InChI is InChI=1S/C8H11N3O4S2/c1-6-4-7(11(12)13)5-10-8(6)16-2-3-17(9,14)15/h4-5H,2-3H2,1H3,(H2,9,14,15). The predicted octanol–water partition coefficient (Wildman–Crippen LogP) is 0.679. The van der Waals surface area contributed by atoms with Gasteiger partial charge in [-0.15, -0.1) is 11.8 Å². The number of thioether (sulfide) groups is 1. The third-order valence-corrected chi connectivity index (χ3v) is 3.97. The quantitative estimate of drug-likeness (QED) is 0.480. The van der Waals surface area contributed by atoms with Crippen LogP contribution in [-0.2, 0) is 10.0 Å². The number of nitrogens with zero attached hydrogens (tertiary/aromatic N) is 2. The van der Waals surface area contributed by atoms with Crippen LogP contribution in [0.3, 0.4) is 0 Å². The van der Waals surface area contributed by atoms with Crippen LogP contribution in [0, 0.1) is 17.0 Å². The van der Waals surface area contributed by atoms with Gasteiger partial charge < -0.3 is 0 Å². The van der Waals surface area contributed by atoms with Crippen LogP contribution in [0.25, 0.3) is 0 Å². The zero-order valence-electron chi connectivity index (χ0n) is 8.99.